The number of halogens is 3. The predicted octanol–water partition coefficient (Wildman–Crippen LogP) is 2.44. The molecule has 0 aromatic carbocycles. The molecule has 0 aromatic heterocycles. The van der Waals surface area contributed by atoms with Crippen LogP contribution in [0, 0.1) is 0 Å². The molecule has 0 amide bonds. The Morgan fingerprint density at radius 1 is 1.00 bits per heavy atom. The van der Waals surface area contributed by atoms with Crippen LogP contribution in [0.1, 0.15) is 39.5 Å². The lowest BCUT2D eigenvalue weighted by Crippen LogP contribution is -2.32. The smallest absolute Gasteiger partial charge is 0.326 e. The second kappa shape index (κ2) is 6.33. The third-order valence-corrected chi connectivity index (χ3v) is 1.99. The van der Waals surface area contributed by atoms with Crippen LogP contribution in [-0.2, 0) is 0 Å². The molecular formula is C10H21F3N2. The third kappa shape index (κ3) is 13.7. The van der Waals surface area contributed by atoms with Gasteiger partial charge in [0, 0.05) is 12.0 Å². The zero-order valence-electron chi connectivity index (χ0n) is 9.45. The van der Waals surface area contributed by atoms with E-state index < -0.39 is 12.6 Å². The maximum Gasteiger partial charge on any atom is 0.389 e. The van der Waals surface area contributed by atoms with Crippen molar-refractivity contribution in [2.24, 2.45) is 5.73 Å². The molecule has 0 heterocycles. The molecule has 0 bridgehead atoms. The Morgan fingerprint density at radius 2 is 1.47 bits per heavy atom. The van der Waals surface area contributed by atoms with Gasteiger partial charge >= 0.3 is 6.18 Å². The van der Waals surface area contributed by atoms with Crippen molar-refractivity contribution in [3.63, 3.8) is 0 Å². The lowest BCUT2D eigenvalue weighted by Gasteiger charge is -2.17. The number of nitrogens with one attached hydrogen (secondary N) is 1. The van der Waals surface area contributed by atoms with E-state index >= 15 is 0 Å². The van der Waals surface area contributed by atoms with Crippen LogP contribution < -0.4 is 11.1 Å². The monoisotopic (exact) mass is 226 g/mol. The first kappa shape index (κ1) is 14.7. The largest absolute Gasteiger partial charge is 0.389 e. The van der Waals surface area contributed by atoms with Crippen LogP contribution in [0.15, 0.2) is 0 Å². The van der Waals surface area contributed by atoms with Crippen molar-refractivity contribution in [3.05, 3.63) is 0 Å². The first-order valence-electron chi connectivity index (χ1n) is 5.27. The van der Waals surface area contributed by atoms with Gasteiger partial charge in [-0.2, -0.15) is 13.2 Å². The number of hydrogen-bond acceptors (Lipinski definition) is 2. The summed E-state index contributed by atoms with van der Waals surface area (Å²) < 4.78 is 35.2. The number of nitrogens with two attached hydrogens (primary N) is 1. The summed E-state index contributed by atoms with van der Waals surface area (Å²) in [6.45, 7) is 5.04. The van der Waals surface area contributed by atoms with Crippen molar-refractivity contribution in [2.45, 2.75) is 51.2 Å². The Labute approximate surface area is 89.4 Å². The van der Waals surface area contributed by atoms with E-state index in [0.717, 1.165) is 19.4 Å². The molecular weight excluding hydrogens is 205 g/mol. The summed E-state index contributed by atoms with van der Waals surface area (Å²) in [5.41, 5.74) is 5.57. The van der Waals surface area contributed by atoms with E-state index in [2.05, 4.69) is 5.32 Å². The molecule has 0 saturated carbocycles. The van der Waals surface area contributed by atoms with E-state index in [1.807, 2.05) is 13.8 Å². The Kier molecular flexibility index (Phi) is 6.20. The molecule has 0 radical (unpaired) electrons. The van der Waals surface area contributed by atoms with E-state index in [0.29, 0.717) is 6.54 Å². The van der Waals surface area contributed by atoms with Crippen molar-refractivity contribution >= 4 is 0 Å². The number of alkyl halides is 3. The highest BCUT2D eigenvalue weighted by Crippen LogP contribution is 2.20. The molecule has 15 heavy (non-hydrogen) atoms. The highest BCUT2D eigenvalue weighted by atomic mass is 19.4. The predicted molar refractivity (Wildman–Crippen MR) is 55.7 cm³/mol. The minimum absolute atomic E-state index is 0.148. The van der Waals surface area contributed by atoms with Gasteiger partial charge in [0.25, 0.3) is 0 Å². The summed E-state index contributed by atoms with van der Waals surface area (Å²) >= 11 is 0. The quantitative estimate of drug-likeness (QED) is 0.654. The average Bonchev–Trinajstić information content (AvgIpc) is 1.98. The van der Waals surface area contributed by atoms with Gasteiger partial charge in [0.15, 0.2) is 0 Å². The van der Waals surface area contributed by atoms with Crippen LogP contribution in [0.4, 0.5) is 13.2 Å². The van der Waals surface area contributed by atoms with Crippen molar-refractivity contribution < 1.29 is 13.2 Å². The van der Waals surface area contributed by atoms with E-state index in [1.165, 1.54) is 0 Å². The van der Waals surface area contributed by atoms with Crippen molar-refractivity contribution in [1.29, 1.82) is 0 Å². The lowest BCUT2D eigenvalue weighted by molar-refractivity contribution is -0.135. The zero-order valence-corrected chi connectivity index (χ0v) is 9.45. The Bertz CT molecular complexity index is 143. The van der Waals surface area contributed by atoms with Crippen LogP contribution in [0.3, 0.4) is 0 Å². The fourth-order valence-electron chi connectivity index (χ4n) is 1.21. The Morgan fingerprint density at radius 3 is 1.87 bits per heavy atom. The molecule has 0 aliphatic rings. The molecule has 0 aliphatic carbocycles. The summed E-state index contributed by atoms with van der Waals surface area (Å²) in [6, 6.07) is 0. The maximum absolute atomic E-state index is 11.7. The SMILES string of the molecule is CC(C)(N)CCCNCCCC(F)(F)F. The van der Waals surface area contributed by atoms with Crippen LogP contribution >= 0.6 is 0 Å². The van der Waals surface area contributed by atoms with Crippen molar-refractivity contribution in [2.75, 3.05) is 13.1 Å². The summed E-state index contributed by atoms with van der Waals surface area (Å²) in [4.78, 5) is 0. The second-order valence-corrected chi connectivity index (χ2v) is 4.56. The van der Waals surface area contributed by atoms with E-state index in [4.69, 9.17) is 5.73 Å². The first-order chi connectivity index (χ1) is 6.71. The average molecular weight is 226 g/mol. The van der Waals surface area contributed by atoms with Gasteiger partial charge in [-0.1, -0.05) is 0 Å². The minimum Gasteiger partial charge on any atom is -0.326 e. The van der Waals surface area contributed by atoms with Gasteiger partial charge in [0.1, 0.15) is 0 Å². The molecule has 0 saturated heterocycles. The van der Waals surface area contributed by atoms with Crippen molar-refractivity contribution in [3.8, 4) is 0 Å². The summed E-state index contributed by atoms with van der Waals surface area (Å²) in [5, 5.41) is 2.98. The fraction of sp³-hybridized carbons (Fsp3) is 1.00. The van der Waals surface area contributed by atoms with Crippen molar-refractivity contribution in [1.82, 2.24) is 5.32 Å². The van der Waals surface area contributed by atoms with Gasteiger partial charge in [0.05, 0.1) is 0 Å². The number of rotatable bonds is 7. The van der Waals surface area contributed by atoms with Crippen LogP contribution in [0.5, 0.6) is 0 Å². The lowest BCUT2D eigenvalue weighted by atomic mass is 10.0. The molecule has 2 nitrogen and oxygen atoms in total. The topological polar surface area (TPSA) is 38.0 Å². The highest BCUT2D eigenvalue weighted by molar-refractivity contribution is 4.71. The molecule has 92 valence electrons. The van der Waals surface area contributed by atoms with Gasteiger partial charge in [-0.15, -0.1) is 0 Å². The molecule has 0 unspecified atom stereocenters. The zero-order chi connectivity index (χ0) is 11.9. The molecule has 0 atom stereocenters. The summed E-state index contributed by atoms with van der Waals surface area (Å²) in [5.74, 6) is 0. The molecule has 0 aromatic rings. The van der Waals surface area contributed by atoms with E-state index in [-0.39, 0.29) is 12.0 Å². The van der Waals surface area contributed by atoms with E-state index in [1.54, 1.807) is 0 Å². The number of hydrogen-bond donors (Lipinski definition) is 2. The molecule has 0 spiro atoms. The van der Waals surface area contributed by atoms with Crippen LogP contribution in [-0.4, -0.2) is 24.8 Å². The van der Waals surface area contributed by atoms with E-state index in [9.17, 15) is 13.2 Å². The molecule has 0 aliphatic heterocycles. The first-order valence-corrected chi connectivity index (χ1v) is 5.27. The standard InChI is InChI=1S/C10H21F3N2/c1-9(2,14)5-3-7-15-8-4-6-10(11,12)13/h15H,3-8,14H2,1-2H3. The fourth-order valence-corrected chi connectivity index (χ4v) is 1.21. The minimum atomic E-state index is -4.03. The van der Waals surface area contributed by atoms with Crippen LogP contribution in [0.2, 0.25) is 0 Å². The molecule has 5 heteroatoms. The molecule has 3 N–H and O–H groups in total. The van der Waals surface area contributed by atoms with Gasteiger partial charge in [-0.3, -0.25) is 0 Å². The Balaban J connectivity index is 3.20. The molecule has 0 fully saturated rings. The highest BCUT2D eigenvalue weighted by Gasteiger charge is 2.25. The van der Waals surface area contributed by atoms with Crippen LogP contribution in [0.25, 0.3) is 0 Å². The summed E-state index contributed by atoms with van der Waals surface area (Å²) in [7, 11) is 0. The molecule has 0 rings (SSSR count). The normalized spacial score (nSPS) is 13.2. The third-order valence-electron chi connectivity index (χ3n) is 1.99. The summed E-state index contributed by atoms with van der Waals surface area (Å²) in [6.07, 6.45) is -2.81. The maximum atomic E-state index is 11.7. The van der Waals surface area contributed by atoms with Gasteiger partial charge in [-0.05, 0) is 46.2 Å². The Hall–Kier alpha value is -0.290. The van der Waals surface area contributed by atoms with Gasteiger partial charge in [0.2, 0.25) is 0 Å². The van der Waals surface area contributed by atoms with Gasteiger partial charge < -0.3 is 11.1 Å². The van der Waals surface area contributed by atoms with Gasteiger partial charge in [-0.25, -0.2) is 0 Å². The second-order valence-electron chi connectivity index (χ2n) is 4.56.